The molecule has 0 atom stereocenters. The highest BCUT2D eigenvalue weighted by Gasteiger charge is 2.18. The standard InChI is InChI=1S/C17H25N7O/c1-3-4-5-23-6-7-24-15(12-23)8-14(22-24)11-19-16(25)13-9-20-17(18-2)21-10-13/h8-10H,3-7,11-12H2,1-2H3,(H,19,25)(H,18,20,21). The van der Waals surface area contributed by atoms with Crippen LogP contribution in [0.15, 0.2) is 18.5 Å². The minimum Gasteiger partial charge on any atom is -0.357 e. The topological polar surface area (TPSA) is 88.0 Å². The zero-order valence-corrected chi connectivity index (χ0v) is 14.8. The molecule has 25 heavy (non-hydrogen) atoms. The van der Waals surface area contributed by atoms with Crippen LogP contribution in [0.3, 0.4) is 0 Å². The molecule has 1 amide bonds. The van der Waals surface area contributed by atoms with Crippen molar-refractivity contribution in [1.82, 2.24) is 30.0 Å². The average Bonchev–Trinajstić information content (AvgIpc) is 3.06. The molecule has 0 aromatic carbocycles. The molecule has 0 spiro atoms. The van der Waals surface area contributed by atoms with Crippen molar-refractivity contribution in [3.05, 3.63) is 35.4 Å². The molecule has 3 heterocycles. The third-order valence-electron chi connectivity index (χ3n) is 4.32. The predicted octanol–water partition coefficient (Wildman–Crippen LogP) is 1.26. The fraction of sp³-hybridized carbons (Fsp3) is 0.529. The second kappa shape index (κ2) is 8.06. The van der Waals surface area contributed by atoms with E-state index in [0.717, 1.165) is 31.9 Å². The van der Waals surface area contributed by atoms with Crippen LogP contribution >= 0.6 is 0 Å². The molecule has 2 aromatic heterocycles. The Morgan fingerprint density at radius 3 is 2.80 bits per heavy atom. The zero-order chi connectivity index (χ0) is 17.6. The summed E-state index contributed by atoms with van der Waals surface area (Å²) < 4.78 is 2.05. The summed E-state index contributed by atoms with van der Waals surface area (Å²) in [4.78, 5) is 22.7. The minimum atomic E-state index is -0.196. The first-order valence-electron chi connectivity index (χ1n) is 8.75. The maximum Gasteiger partial charge on any atom is 0.254 e. The van der Waals surface area contributed by atoms with E-state index in [0.29, 0.717) is 18.1 Å². The fourth-order valence-corrected chi connectivity index (χ4v) is 2.89. The number of hydrogen-bond acceptors (Lipinski definition) is 6. The number of hydrogen-bond donors (Lipinski definition) is 2. The lowest BCUT2D eigenvalue weighted by Gasteiger charge is -2.27. The van der Waals surface area contributed by atoms with Gasteiger partial charge in [0.15, 0.2) is 0 Å². The van der Waals surface area contributed by atoms with E-state index in [4.69, 9.17) is 0 Å². The normalized spacial score (nSPS) is 14.2. The molecule has 2 N–H and O–H groups in total. The summed E-state index contributed by atoms with van der Waals surface area (Å²) in [6.07, 6.45) is 5.47. The Morgan fingerprint density at radius 2 is 2.08 bits per heavy atom. The molecule has 3 rings (SSSR count). The molecule has 8 heteroatoms. The van der Waals surface area contributed by atoms with Gasteiger partial charge in [0.1, 0.15) is 0 Å². The van der Waals surface area contributed by atoms with Gasteiger partial charge in [-0.15, -0.1) is 0 Å². The molecule has 0 saturated carbocycles. The molecule has 0 aliphatic carbocycles. The number of rotatable bonds is 7. The molecule has 0 fully saturated rings. The van der Waals surface area contributed by atoms with E-state index in [9.17, 15) is 4.79 Å². The van der Waals surface area contributed by atoms with Gasteiger partial charge >= 0.3 is 0 Å². The van der Waals surface area contributed by atoms with Crippen LogP contribution in [0.5, 0.6) is 0 Å². The van der Waals surface area contributed by atoms with E-state index in [2.05, 4.69) is 48.3 Å². The van der Waals surface area contributed by atoms with Crippen molar-refractivity contribution in [1.29, 1.82) is 0 Å². The second-order valence-corrected chi connectivity index (χ2v) is 6.21. The number of anilines is 1. The Hall–Kier alpha value is -2.48. The maximum atomic E-state index is 12.2. The van der Waals surface area contributed by atoms with Crippen molar-refractivity contribution in [3.63, 3.8) is 0 Å². The smallest absolute Gasteiger partial charge is 0.254 e. The van der Waals surface area contributed by atoms with Gasteiger partial charge in [0.05, 0.1) is 30.0 Å². The van der Waals surface area contributed by atoms with Crippen LogP contribution in [-0.2, 0) is 19.6 Å². The van der Waals surface area contributed by atoms with E-state index >= 15 is 0 Å². The molecule has 0 radical (unpaired) electrons. The van der Waals surface area contributed by atoms with Crippen molar-refractivity contribution >= 4 is 11.9 Å². The van der Waals surface area contributed by atoms with E-state index in [1.54, 1.807) is 7.05 Å². The van der Waals surface area contributed by atoms with Crippen LogP contribution in [0.1, 0.15) is 41.5 Å². The van der Waals surface area contributed by atoms with E-state index < -0.39 is 0 Å². The van der Waals surface area contributed by atoms with Gasteiger partial charge in [-0.2, -0.15) is 5.10 Å². The number of fused-ring (bicyclic) bond motifs is 1. The highest BCUT2D eigenvalue weighted by atomic mass is 16.1. The number of unbranched alkanes of at least 4 members (excludes halogenated alkanes) is 1. The number of aromatic nitrogens is 4. The third kappa shape index (κ3) is 4.33. The summed E-state index contributed by atoms with van der Waals surface area (Å²) in [7, 11) is 1.74. The van der Waals surface area contributed by atoms with Crippen LogP contribution in [0, 0.1) is 0 Å². The third-order valence-corrected chi connectivity index (χ3v) is 4.32. The highest BCUT2D eigenvalue weighted by Crippen LogP contribution is 2.14. The van der Waals surface area contributed by atoms with Crippen molar-refractivity contribution in [2.45, 2.75) is 39.4 Å². The van der Waals surface area contributed by atoms with Crippen molar-refractivity contribution < 1.29 is 4.79 Å². The summed E-state index contributed by atoms with van der Waals surface area (Å²) in [5, 5.41) is 10.3. The zero-order valence-electron chi connectivity index (χ0n) is 14.8. The summed E-state index contributed by atoms with van der Waals surface area (Å²) in [5.41, 5.74) is 2.54. The number of carbonyl (C=O) groups is 1. The molecule has 134 valence electrons. The lowest BCUT2D eigenvalue weighted by atomic mass is 10.2. The molecule has 0 unspecified atom stereocenters. The Balaban J connectivity index is 1.55. The largest absolute Gasteiger partial charge is 0.357 e. The lowest BCUT2D eigenvalue weighted by molar-refractivity contribution is 0.0949. The first kappa shape index (κ1) is 17.3. The van der Waals surface area contributed by atoms with Gasteiger partial charge < -0.3 is 10.6 Å². The maximum absolute atomic E-state index is 12.2. The Labute approximate surface area is 147 Å². The number of carbonyl (C=O) groups excluding carboxylic acids is 1. The van der Waals surface area contributed by atoms with Crippen LogP contribution in [0.25, 0.3) is 0 Å². The van der Waals surface area contributed by atoms with Gasteiger partial charge in [0.2, 0.25) is 5.95 Å². The van der Waals surface area contributed by atoms with E-state index in [1.807, 2.05) is 0 Å². The monoisotopic (exact) mass is 343 g/mol. The average molecular weight is 343 g/mol. The van der Waals surface area contributed by atoms with E-state index in [-0.39, 0.29) is 5.91 Å². The predicted molar refractivity (Wildman–Crippen MR) is 95.2 cm³/mol. The summed E-state index contributed by atoms with van der Waals surface area (Å²) in [6.45, 7) is 6.63. The molecule has 2 aromatic rings. The van der Waals surface area contributed by atoms with Crippen LogP contribution in [-0.4, -0.2) is 50.7 Å². The number of nitrogens with one attached hydrogen (secondary N) is 2. The molecule has 1 aliphatic heterocycles. The summed E-state index contributed by atoms with van der Waals surface area (Å²) >= 11 is 0. The van der Waals surface area contributed by atoms with Crippen molar-refractivity contribution in [3.8, 4) is 0 Å². The van der Waals surface area contributed by atoms with Gasteiger partial charge in [-0.05, 0) is 19.0 Å². The van der Waals surface area contributed by atoms with Gasteiger partial charge in [0, 0.05) is 32.5 Å². The molecule has 8 nitrogen and oxygen atoms in total. The Bertz CT molecular complexity index is 710. The first-order valence-corrected chi connectivity index (χ1v) is 8.75. The second-order valence-electron chi connectivity index (χ2n) is 6.21. The van der Waals surface area contributed by atoms with Crippen LogP contribution < -0.4 is 10.6 Å². The summed E-state index contributed by atoms with van der Waals surface area (Å²) in [5.74, 6) is 0.296. The Morgan fingerprint density at radius 1 is 1.28 bits per heavy atom. The highest BCUT2D eigenvalue weighted by molar-refractivity contribution is 5.93. The van der Waals surface area contributed by atoms with E-state index in [1.165, 1.54) is 30.9 Å². The SMILES string of the molecule is CCCCN1CCn2nc(CNC(=O)c3cnc(NC)nc3)cc2C1. The molecular weight excluding hydrogens is 318 g/mol. The van der Waals surface area contributed by atoms with Gasteiger partial charge in [-0.3, -0.25) is 14.4 Å². The van der Waals surface area contributed by atoms with Crippen molar-refractivity contribution in [2.75, 3.05) is 25.5 Å². The number of amides is 1. The Kier molecular flexibility index (Phi) is 5.60. The lowest BCUT2D eigenvalue weighted by Crippen LogP contribution is -2.34. The molecule has 1 aliphatic rings. The van der Waals surface area contributed by atoms with Gasteiger partial charge in [-0.1, -0.05) is 13.3 Å². The molecular formula is C17H25N7O. The van der Waals surface area contributed by atoms with Crippen molar-refractivity contribution in [2.24, 2.45) is 0 Å². The van der Waals surface area contributed by atoms with Gasteiger partial charge in [0.25, 0.3) is 5.91 Å². The first-order chi connectivity index (χ1) is 12.2. The fourth-order valence-electron chi connectivity index (χ4n) is 2.89. The van der Waals surface area contributed by atoms with Crippen LogP contribution in [0.2, 0.25) is 0 Å². The molecule has 0 bridgehead atoms. The number of nitrogens with zero attached hydrogens (tertiary/aromatic N) is 5. The quantitative estimate of drug-likeness (QED) is 0.787. The van der Waals surface area contributed by atoms with Crippen LogP contribution in [0.4, 0.5) is 5.95 Å². The summed E-state index contributed by atoms with van der Waals surface area (Å²) in [6, 6.07) is 2.08. The van der Waals surface area contributed by atoms with Gasteiger partial charge in [-0.25, -0.2) is 9.97 Å². The minimum absolute atomic E-state index is 0.196. The molecule has 0 saturated heterocycles.